The maximum atomic E-state index is 13.0. The molecule has 3 N–H and O–H groups in total. The van der Waals surface area contributed by atoms with Gasteiger partial charge in [0.25, 0.3) is 0 Å². The number of rotatable bonds is 2. The van der Waals surface area contributed by atoms with Gasteiger partial charge in [-0.25, -0.2) is 4.79 Å². The van der Waals surface area contributed by atoms with Crippen LogP contribution < -0.4 is 11.1 Å². The summed E-state index contributed by atoms with van der Waals surface area (Å²) in [4.78, 5) is 27.6. The van der Waals surface area contributed by atoms with Gasteiger partial charge in [-0.3, -0.25) is 9.69 Å². The zero-order valence-electron chi connectivity index (χ0n) is 16.1. The normalized spacial score (nSPS) is 25.0. The van der Waals surface area contributed by atoms with E-state index in [0.717, 1.165) is 30.2 Å². The SMILES string of the molecule is CC(C)(C)OC(=O)N1[C@H](C(=O)Nc2ccc(Br)cc2N)C[C@@H]2CCCC[C@@H]21. The summed E-state index contributed by atoms with van der Waals surface area (Å²) in [5, 5.41) is 2.90. The smallest absolute Gasteiger partial charge is 0.411 e. The molecule has 2 amide bonds. The molecule has 1 aromatic carbocycles. The maximum Gasteiger partial charge on any atom is 0.411 e. The molecule has 1 aliphatic carbocycles. The molecule has 0 spiro atoms. The molecule has 7 heteroatoms. The fourth-order valence-electron chi connectivity index (χ4n) is 4.13. The number of benzene rings is 1. The van der Waals surface area contributed by atoms with Crippen molar-refractivity contribution >= 4 is 39.3 Å². The third kappa shape index (κ3) is 4.57. The van der Waals surface area contributed by atoms with Gasteiger partial charge < -0.3 is 15.8 Å². The van der Waals surface area contributed by atoms with Crippen molar-refractivity contribution in [3.05, 3.63) is 22.7 Å². The first-order valence-electron chi connectivity index (χ1n) is 9.53. The lowest BCUT2D eigenvalue weighted by Gasteiger charge is -2.34. The zero-order chi connectivity index (χ0) is 19.8. The molecular weight excluding hydrogens is 410 g/mol. The Morgan fingerprint density at radius 3 is 2.63 bits per heavy atom. The number of ether oxygens (including phenoxy) is 1. The van der Waals surface area contributed by atoms with Crippen LogP contribution in [0.1, 0.15) is 52.9 Å². The summed E-state index contributed by atoms with van der Waals surface area (Å²) in [5.41, 5.74) is 6.46. The van der Waals surface area contributed by atoms with Crippen LogP contribution in [0.15, 0.2) is 22.7 Å². The van der Waals surface area contributed by atoms with Gasteiger partial charge in [0, 0.05) is 10.5 Å². The highest BCUT2D eigenvalue weighted by molar-refractivity contribution is 9.10. The topological polar surface area (TPSA) is 84.7 Å². The number of nitrogens with zero attached hydrogens (tertiary/aromatic N) is 1. The van der Waals surface area contributed by atoms with Crippen molar-refractivity contribution in [3.8, 4) is 0 Å². The van der Waals surface area contributed by atoms with Gasteiger partial charge in [-0.05, 0) is 64.2 Å². The van der Waals surface area contributed by atoms with Gasteiger partial charge in [-0.2, -0.15) is 0 Å². The maximum absolute atomic E-state index is 13.0. The van der Waals surface area contributed by atoms with Gasteiger partial charge in [-0.15, -0.1) is 0 Å². The fraction of sp³-hybridized carbons (Fsp3) is 0.600. The number of amides is 2. The highest BCUT2D eigenvalue weighted by atomic mass is 79.9. The van der Waals surface area contributed by atoms with Crippen LogP contribution in [0.5, 0.6) is 0 Å². The van der Waals surface area contributed by atoms with Crippen molar-refractivity contribution in [1.82, 2.24) is 4.90 Å². The van der Waals surface area contributed by atoms with E-state index >= 15 is 0 Å². The lowest BCUT2D eigenvalue weighted by Crippen LogP contribution is -2.49. The Bertz CT molecular complexity index is 732. The van der Waals surface area contributed by atoms with Crippen LogP contribution in [0.2, 0.25) is 0 Å². The Morgan fingerprint density at radius 2 is 1.96 bits per heavy atom. The lowest BCUT2D eigenvalue weighted by atomic mass is 9.85. The molecule has 6 nitrogen and oxygen atoms in total. The van der Waals surface area contributed by atoms with E-state index < -0.39 is 17.7 Å². The Morgan fingerprint density at radius 1 is 1.26 bits per heavy atom. The first kappa shape index (κ1) is 20.0. The van der Waals surface area contributed by atoms with E-state index in [1.54, 1.807) is 17.0 Å². The van der Waals surface area contributed by atoms with Crippen LogP contribution in [0, 0.1) is 5.92 Å². The van der Waals surface area contributed by atoms with E-state index in [4.69, 9.17) is 10.5 Å². The molecule has 3 atom stereocenters. The Labute approximate surface area is 168 Å². The molecule has 1 heterocycles. The molecule has 1 saturated heterocycles. The summed E-state index contributed by atoms with van der Waals surface area (Å²) in [7, 11) is 0. The molecule has 1 aliphatic heterocycles. The summed E-state index contributed by atoms with van der Waals surface area (Å²) >= 11 is 3.36. The number of likely N-dealkylation sites (tertiary alicyclic amines) is 1. The van der Waals surface area contributed by atoms with Gasteiger partial charge >= 0.3 is 6.09 Å². The average molecular weight is 438 g/mol. The van der Waals surface area contributed by atoms with Crippen molar-refractivity contribution in [2.75, 3.05) is 11.1 Å². The number of hydrogen-bond acceptors (Lipinski definition) is 4. The van der Waals surface area contributed by atoms with Crippen molar-refractivity contribution in [2.24, 2.45) is 5.92 Å². The van der Waals surface area contributed by atoms with Crippen molar-refractivity contribution in [1.29, 1.82) is 0 Å². The van der Waals surface area contributed by atoms with E-state index in [0.29, 0.717) is 23.7 Å². The summed E-state index contributed by atoms with van der Waals surface area (Å²) in [6, 6.07) is 4.88. The monoisotopic (exact) mass is 437 g/mol. The van der Waals surface area contributed by atoms with E-state index in [9.17, 15) is 9.59 Å². The molecule has 0 aromatic heterocycles. The molecule has 0 unspecified atom stereocenters. The molecule has 27 heavy (non-hydrogen) atoms. The molecule has 3 rings (SSSR count). The van der Waals surface area contributed by atoms with Gasteiger partial charge in [0.1, 0.15) is 11.6 Å². The number of halogens is 1. The minimum atomic E-state index is -0.596. The Hall–Kier alpha value is -1.76. The summed E-state index contributed by atoms with van der Waals surface area (Å²) < 4.78 is 6.46. The van der Waals surface area contributed by atoms with E-state index in [1.165, 1.54) is 0 Å². The summed E-state index contributed by atoms with van der Waals surface area (Å²) in [6.07, 6.45) is 4.47. The van der Waals surface area contributed by atoms with Crippen LogP contribution in [0.4, 0.5) is 16.2 Å². The van der Waals surface area contributed by atoms with Gasteiger partial charge in [-0.1, -0.05) is 28.8 Å². The Balaban J connectivity index is 1.81. The van der Waals surface area contributed by atoms with Crippen LogP contribution in [-0.4, -0.2) is 34.6 Å². The highest BCUT2D eigenvalue weighted by Gasteiger charge is 2.48. The molecule has 1 saturated carbocycles. The third-order valence-corrected chi connectivity index (χ3v) is 5.76. The van der Waals surface area contributed by atoms with Crippen LogP contribution in [0.3, 0.4) is 0 Å². The van der Waals surface area contributed by atoms with Gasteiger partial charge in [0.05, 0.1) is 11.4 Å². The number of nitrogens with two attached hydrogens (primary N) is 1. The quantitative estimate of drug-likeness (QED) is 0.665. The molecule has 2 fully saturated rings. The lowest BCUT2D eigenvalue weighted by molar-refractivity contribution is -0.120. The first-order valence-corrected chi connectivity index (χ1v) is 10.3. The van der Waals surface area contributed by atoms with E-state index in [2.05, 4.69) is 21.2 Å². The number of fused-ring (bicyclic) bond motifs is 1. The van der Waals surface area contributed by atoms with Gasteiger partial charge in [0.2, 0.25) is 5.91 Å². The third-order valence-electron chi connectivity index (χ3n) is 5.27. The van der Waals surface area contributed by atoms with E-state index in [-0.39, 0.29) is 11.9 Å². The molecule has 2 aliphatic rings. The number of hydrogen-bond donors (Lipinski definition) is 2. The van der Waals surface area contributed by atoms with Crippen LogP contribution in [0.25, 0.3) is 0 Å². The largest absolute Gasteiger partial charge is 0.444 e. The van der Waals surface area contributed by atoms with Crippen molar-refractivity contribution in [3.63, 3.8) is 0 Å². The molecule has 0 radical (unpaired) electrons. The number of anilines is 2. The van der Waals surface area contributed by atoms with Gasteiger partial charge in [0.15, 0.2) is 0 Å². The minimum Gasteiger partial charge on any atom is -0.444 e. The number of nitrogens with one attached hydrogen (secondary N) is 1. The predicted octanol–water partition coefficient (Wildman–Crippen LogP) is 4.54. The van der Waals surface area contributed by atoms with Crippen LogP contribution in [-0.2, 0) is 9.53 Å². The second kappa shape index (κ2) is 7.70. The molecule has 0 bridgehead atoms. The Kier molecular flexibility index (Phi) is 5.70. The molecule has 148 valence electrons. The summed E-state index contributed by atoms with van der Waals surface area (Å²) in [5.74, 6) is 0.147. The standard InChI is InChI=1S/C20H28BrN3O3/c1-20(2,3)27-19(26)24-16-7-5-4-6-12(16)10-17(24)18(25)23-15-9-8-13(21)11-14(15)22/h8-9,11-12,16-17H,4-7,10,22H2,1-3H3,(H,23,25)/t12-,16-,17-/m0/s1. The number of nitrogen functional groups attached to an aromatic ring is 1. The molecule has 1 aromatic rings. The van der Waals surface area contributed by atoms with Crippen molar-refractivity contribution in [2.45, 2.75) is 70.6 Å². The first-order chi connectivity index (χ1) is 12.7. The zero-order valence-corrected chi connectivity index (χ0v) is 17.7. The van der Waals surface area contributed by atoms with Crippen LogP contribution >= 0.6 is 15.9 Å². The van der Waals surface area contributed by atoms with Crippen molar-refractivity contribution < 1.29 is 14.3 Å². The minimum absolute atomic E-state index is 0.0756. The average Bonchev–Trinajstić information content (AvgIpc) is 2.95. The second-order valence-corrected chi connectivity index (χ2v) is 9.39. The number of carbonyl (C=O) groups excluding carboxylic acids is 2. The predicted molar refractivity (Wildman–Crippen MR) is 109 cm³/mol. The summed E-state index contributed by atoms with van der Waals surface area (Å²) in [6.45, 7) is 5.53. The fourth-order valence-corrected chi connectivity index (χ4v) is 4.51. The number of carbonyl (C=O) groups is 2. The van der Waals surface area contributed by atoms with E-state index in [1.807, 2.05) is 26.8 Å². The second-order valence-electron chi connectivity index (χ2n) is 8.47. The molecular formula is C20H28BrN3O3. The highest BCUT2D eigenvalue weighted by Crippen LogP contribution is 2.41.